The zero-order valence-corrected chi connectivity index (χ0v) is 19.2. The zero-order valence-electron chi connectivity index (χ0n) is 16.9. The highest BCUT2D eigenvalue weighted by molar-refractivity contribution is 14.0. The predicted octanol–water partition coefficient (Wildman–Crippen LogP) is 2.83. The lowest BCUT2D eigenvalue weighted by Crippen LogP contribution is -2.68. The van der Waals surface area contributed by atoms with E-state index in [-0.39, 0.29) is 24.0 Å². The fourth-order valence-corrected chi connectivity index (χ4v) is 5.20. The summed E-state index contributed by atoms with van der Waals surface area (Å²) >= 11 is 0. The first kappa shape index (κ1) is 20.9. The van der Waals surface area contributed by atoms with Crippen LogP contribution in [0, 0.1) is 11.3 Å². The smallest absolute Gasteiger partial charge is 0.193 e. The van der Waals surface area contributed by atoms with E-state index in [1.165, 1.54) is 31.2 Å². The summed E-state index contributed by atoms with van der Waals surface area (Å²) in [7, 11) is 3.91. The molecule has 3 aliphatic rings. The van der Waals surface area contributed by atoms with Crippen molar-refractivity contribution < 1.29 is 4.74 Å². The summed E-state index contributed by atoms with van der Waals surface area (Å²) in [6.07, 6.45) is 12.0. The Hall–Kier alpha value is -0.830. The van der Waals surface area contributed by atoms with Crippen LogP contribution in [0.5, 0.6) is 0 Å². The summed E-state index contributed by atoms with van der Waals surface area (Å²) in [4.78, 5) is 7.05. The molecule has 0 radical (unpaired) electrons. The zero-order chi connectivity index (χ0) is 18.1. The Bertz CT molecular complexity index is 657. The number of nitrogens with one attached hydrogen (secondary N) is 1. The molecule has 1 spiro atoms. The topological polar surface area (TPSA) is 54.7 Å². The predicted molar refractivity (Wildman–Crippen MR) is 119 cm³/mol. The van der Waals surface area contributed by atoms with Crippen LogP contribution in [0.3, 0.4) is 0 Å². The maximum absolute atomic E-state index is 5.99. The summed E-state index contributed by atoms with van der Waals surface area (Å²) in [5, 5.41) is 8.09. The van der Waals surface area contributed by atoms with Gasteiger partial charge in [0, 0.05) is 51.4 Å². The first-order valence-electron chi connectivity index (χ1n) is 10.2. The SMILES string of the molecule is CCOC1CC(NC(=NC)N2CCC(Cc3cnn(C)c3)C2)C12CCC2.I. The third kappa shape index (κ3) is 3.99. The van der Waals surface area contributed by atoms with Gasteiger partial charge in [-0.1, -0.05) is 6.42 Å². The number of aromatic nitrogens is 2. The minimum absolute atomic E-state index is 0. The molecule has 3 fully saturated rings. The van der Waals surface area contributed by atoms with Crippen molar-refractivity contribution in [2.45, 2.75) is 57.6 Å². The largest absolute Gasteiger partial charge is 0.378 e. The summed E-state index contributed by atoms with van der Waals surface area (Å²) in [5.74, 6) is 1.78. The van der Waals surface area contributed by atoms with Crippen LogP contribution in [0.4, 0.5) is 0 Å². The van der Waals surface area contributed by atoms with E-state index in [1.54, 1.807) is 0 Å². The van der Waals surface area contributed by atoms with Gasteiger partial charge in [0.05, 0.1) is 12.3 Å². The van der Waals surface area contributed by atoms with Crippen LogP contribution >= 0.6 is 24.0 Å². The number of rotatable bonds is 5. The molecule has 0 amide bonds. The Labute approximate surface area is 180 Å². The molecule has 1 aliphatic heterocycles. The van der Waals surface area contributed by atoms with Crippen molar-refractivity contribution in [3.8, 4) is 0 Å². The van der Waals surface area contributed by atoms with Gasteiger partial charge in [-0.25, -0.2) is 0 Å². The average molecular weight is 487 g/mol. The molecular weight excluding hydrogens is 453 g/mol. The van der Waals surface area contributed by atoms with Gasteiger partial charge >= 0.3 is 0 Å². The first-order valence-corrected chi connectivity index (χ1v) is 10.2. The summed E-state index contributed by atoms with van der Waals surface area (Å²) in [5.41, 5.74) is 1.72. The van der Waals surface area contributed by atoms with Crippen LogP contribution in [0.25, 0.3) is 0 Å². The second-order valence-corrected chi connectivity index (χ2v) is 8.34. The third-order valence-corrected chi connectivity index (χ3v) is 6.82. The number of hydrogen-bond donors (Lipinski definition) is 1. The summed E-state index contributed by atoms with van der Waals surface area (Å²) < 4.78 is 7.89. The highest BCUT2D eigenvalue weighted by atomic mass is 127. The molecule has 2 aliphatic carbocycles. The molecule has 4 rings (SSSR count). The Kier molecular flexibility index (Phi) is 6.71. The summed E-state index contributed by atoms with van der Waals surface area (Å²) in [6.45, 7) is 5.12. The lowest BCUT2D eigenvalue weighted by atomic mass is 9.51. The van der Waals surface area contributed by atoms with Crippen LogP contribution in [0.2, 0.25) is 0 Å². The van der Waals surface area contributed by atoms with Gasteiger partial charge in [-0.3, -0.25) is 9.67 Å². The Balaban J connectivity index is 0.00000210. The van der Waals surface area contributed by atoms with E-state index in [1.807, 2.05) is 25.0 Å². The number of likely N-dealkylation sites (tertiary alicyclic amines) is 1. The maximum atomic E-state index is 5.99. The van der Waals surface area contributed by atoms with Gasteiger partial charge in [0.25, 0.3) is 0 Å². The van der Waals surface area contributed by atoms with Gasteiger partial charge in [-0.2, -0.15) is 5.10 Å². The molecule has 2 heterocycles. The highest BCUT2D eigenvalue weighted by Gasteiger charge is 2.59. The number of hydrogen-bond acceptors (Lipinski definition) is 3. The van der Waals surface area contributed by atoms with E-state index in [0.29, 0.717) is 23.5 Å². The van der Waals surface area contributed by atoms with E-state index in [4.69, 9.17) is 4.74 Å². The Morgan fingerprint density at radius 3 is 2.85 bits per heavy atom. The number of ether oxygens (including phenoxy) is 1. The minimum Gasteiger partial charge on any atom is -0.378 e. The average Bonchev–Trinajstić information content (AvgIpc) is 3.18. The van der Waals surface area contributed by atoms with Crippen molar-refractivity contribution in [1.29, 1.82) is 0 Å². The Morgan fingerprint density at radius 2 is 2.26 bits per heavy atom. The van der Waals surface area contributed by atoms with E-state index in [0.717, 1.165) is 38.5 Å². The van der Waals surface area contributed by atoms with Gasteiger partial charge in [-0.15, -0.1) is 24.0 Å². The molecule has 3 unspecified atom stereocenters. The first-order chi connectivity index (χ1) is 12.6. The molecule has 1 saturated heterocycles. The normalized spacial score (nSPS) is 29.2. The number of aryl methyl sites for hydroxylation is 1. The molecule has 0 aromatic carbocycles. The fourth-order valence-electron chi connectivity index (χ4n) is 5.20. The van der Waals surface area contributed by atoms with Crippen LogP contribution in [0.1, 0.15) is 44.6 Å². The molecular formula is C20H34IN5O. The molecule has 1 aromatic rings. The van der Waals surface area contributed by atoms with Gasteiger partial charge in [-0.05, 0) is 50.5 Å². The van der Waals surface area contributed by atoms with Gasteiger partial charge in [0.15, 0.2) is 5.96 Å². The van der Waals surface area contributed by atoms with Crippen molar-refractivity contribution in [3.05, 3.63) is 18.0 Å². The quantitative estimate of drug-likeness (QED) is 0.395. The monoisotopic (exact) mass is 487 g/mol. The molecule has 2 saturated carbocycles. The number of guanidine groups is 1. The van der Waals surface area contributed by atoms with Crippen molar-refractivity contribution in [1.82, 2.24) is 20.0 Å². The van der Waals surface area contributed by atoms with Gasteiger partial charge in [0.2, 0.25) is 0 Å². The maximum Gasteiger partial charge on any atom is 0.193 e. The summed E-state index contributed by atoms with van der Waals surface area (Å²) in [6, 6.07) is 0.531. The number of aliphatic imine (C=N–C) groups is 1. The molecule has 1 aromatic heterocycles. The molecule has 3 atom stereocenters. The number of halogens is 1. The second-order valence-electron chi connectivity index (χ2n) is 8.34. The number of nitrogens with zero attached hydrogens (tertiary/aromatic N) is 4. The van der Waals surface area contributed by atoms with Crippen molar-refractivity contribution in [2.75, 3.05) is 26.7 Å². The molecule has 27 heavy (non-hydrogen) atoms. The van der Waals surface area contributed by atoms with E-state index < -0.39 is 0 Å². The van der Waals surface area contributed by atoms with Crippen molar-refractivity contribution in [3.63, 3.8) is 0 Å². The van der Waals surface area contributed by atoms with Gasteiger partial charge < -0.3 is 15.0 Å². The highest BCUT2D eigenvalue weighted by Crippen LogP contribution is 2.57. The van der Waals surface area contributed by atoms with Crippen LogP contribution in [-0.2, 0) is 18.2 Å². The van der Waals surface area contributed by atoms with Gasteiger partial charge in [0.1, 0.15) is 0 Å². The minimum atomic E-state index is 0. The third-order valence-electron chi connectivity index (χ3n) is 6.82. The lowest BCUT2D eigenvalue weighted by Gasteiger charge is -2.61. The Morgan fingerprint density at radius 1 is 1.44 bits per heavy atom. The molecule has 6 nitrogen and oxygen atoms in total. The van der Waals surface area contributed by atoms with E-state index in [2.05, 4.69) is 33.4 Å². The molecule has 152 valence electrons. The standard InChI is InChI=1S/C20H33N5O.HI/c1-4-26-18-11-17(20(18)7-5-8-20)23-19(21-2)25-9-6-15(14-25)10-16-12-22-24(3)13-16;/h12-13,15,17-18H,4-11,14H2,1-3H3,(H,21,23);1H. The molecule has 0 bridgehead atoms. The van der Waals surface area contributed by atoms with E-state index >= 15 is 0 Å². The van der Waals surface area contributed by atoms with Crippen LogP contribution in [0.15, 0.2) is 17.4 Å². The van der Waals surface area contributed by atoms with E-state index in [9.17, 15) is 0 Å². The molecule has 7 heteroatoms. The van der Waals surface area contributed by atoms with Crippen molar-refractivity contribution >= 4 is 29.9 Å². The molecule has 1 N–H and O–H groups in total. The lowest BCUT2D eigenvalue weighted by molar-refractivity contribution is -0.168. The van der Waals surface area contributed by atoms with Crippen LogP contribution < -0.4 is 5.32 Å². The van der Waals surface area contributed by atoms with Crippen LogP contribution in [-0.4, -0.2) is 59.5 Å². The van der Waals surface area contributed by atoms with Crippen molar-refractivity contribution in [2.24, 2.45) is 23.4 Å². The second kappa shape index (κ2) is 8.68. The fraction of sp³-hybridized carbons (Fsp3) is 0.800.